The van der Waals surface area contributed by atoms with Gasteiger partial charge in [-0.2, -0.15) is 0 Å². The van der Waals surface area contributed by atoms with E-state index < -0.39 is 0 Å². The van der Waals surface area contributed by atoms with Crippen molar-refractivity contribution in [2.75, 3.05) is 18.0 Å². The number of hydrogen-bond acceptors (Lipinski definition) is 7. The van der Waals surface area contributed by atoms with Crippen molar-refractivity contribution < 1.29 is 9.32 Å². The van der Waals surface area contributed by atoms with Crippen LogP contribution in [0.3, 0.4) is 0 Å². The van der Waals surface area contributed by atoms with Crippen molar-refractivity contribution in [3.05, 3.63) is 59.0 Å². The summed E-state index contributed by atoms with van der Waals surface area (Å²) in [5.74, 6) is 1.21. The van der Waals surface area contributed by atoms with Crippen LogP contribution in [-0.2, 0) is 0 Å². The lowest BCUT2D eigenvalue weighted by Crippen LogP contribution is -2.49. The van der Waals surface area contributed by atoms with E-state index in [-0.39, 0.29) is 11.9 Å². The smallest absolute Gasteiger partial charge is 0.278 e. The quantitative estimate of drug-likeness (QED) is 0.515. The first kappa shape index (κ1) is 19.8. The van der Waals surface area contributed by atoms with Crippen LogP contribution in [0.4, 0.5) is 5.82 Å². The molecule has 0 spiro atoms. The van der Waals surface area contributed by atoms with Gasteiger partial charge in [-0.3, -0.25) is 14.7 Å². The highest BCUT2D eigenvalue weighted by molar-refractivity contribution is 7.17. The number of hydrogen-bond donors (Lipinski definition) is 1. The monoisotopic (exact) mass is 433 g/mol. The normalized spacial score (nSPS) is 16.5. The zero-order valence-electron chi connectivity index (χ0n) is 17.5. The van der Waals surface area contributed by atoms with Gasteiger partial charge in [0.2, 0.25) is 0 Å². The summed E-state index contributed by atoms with van der Waals surface area (Å²) in [6.07, 6.45) is 5.39. The van der Waals surface area contributed by atoms with Gasteiger partial charge >= 0.3 is 0 Å². The summed E-state index contributed by atoms with van der Waals surface area (Å²) in [6.45, 7) is 5.65. The Bertz CT molecular complexity index is 1220. The van der Waals surface area contributed by atoms with Gasteiger partial charge in [0.05, 0.1) is 11.7 Å². The molecule has 0 unspecified atom stereocenters. The summed E-state index contributed by atoms with van der Waals surface area (Å²) in [5, 5.41) is 10.5. The molecule has 1 fully saturated rings. The molecule has 0 saturated carbocycles. The van der Waals surface area contributed by atoms with Gasteiger partial charge in [-0.05, 0) is 62.4 Å². The Morgan fingerprint density at radius 2 is 2.16 bits per heavy atom. The number of aryl methyl sites for hydroxylation is 2. The highest BCUT2D eigenvalue weighted by Crippen LogP contribution is 2.34. The fourth-order valence-corrected chi connectivity index (χ4v) is 5.01. The van der Waals surface area contributed by atoms with Crippen LogP contribution in [0, 0.1) is 13.8 Å². The molecular weight excluding hydrogens is 410 g/mol. The van der Waals surface area contributed by atoms with E-state index in [0.29, 0.717) is 17.3 Å². The van der Waals surface area contributed by atoms with E-state index in [1.165, 1.54) is 0 Å². The second-order valence-electron chi connectivity index (χ2n) is 7.87. The summed E-state index contributed by atoms with van der Waals surface area (Å²) in [6, 6.07) is 7.48. The molecule has 1 aliphatic rings. The van der Waals surface area contributed by atoms with Gasteiger partial charge in [0.25, 0.3) is 5.91 Å². The summed E-state index contributed by atoms with van der Waals surface area (Å²) in [5.41, 5.74) is 3.11. The fraction of sp³-hybridized carbons (Fsp3) is 0.304. The number of carbonyl (C=O) groups is 1. The van der Waals surface area contributed by atoms with Gasteiger partial charge in [0, 0.05) is 40.7 Å². The molecule has 1 N–H and O–H groups in total. The van der Waals surface area contributed by atoms with Crippen LogP contribution in [0.2, 0.25) is 0 Å². The molecule has 158 valence electrons. The maximum atomic E-state index is 13.7. The van der Waals surface area contributed by atoms with Crippen molar-refractivity contribution in [1.29, 1.82) is 0 Å². The number of anilines is 1. The van der Waals surface area contributed by atoms with Crippen molar-refractivity contribution in [1.82, 2.24) is 20.4 Å². The third-order valence-corrected chi connectivity index (χ3v) is 6.69. The number of pyridine rings is 2. The first-order valence-electron chi connectivity index (χ1n) is 10.4. The minimum absolute atomic E-state index is 0.0250. The summed E-state index contributed by atoms with van der Waals surface area (Å²) in [4.78, 5) is 24.7. The Labute approximate surface area is 184 Å². The SMILES string of the molecule is Cc1cc(-c2ccc(C(=O)N(c3nccc4scc(C)c34)[C@@H]3CCCNC3)nc2)on1. The van der Waals surface area contributed by atoms with Gasteiger partial charge in [0.15, 0.2) is 5.76 Å². The van der Waals surface area contributed by atoms with Crippen LogP contribution in [0.15, 0.2) is 46.6 Å². The van der Waals surface area contributed by atoms with E-state index >= 15 is 0 Å². The molecule has 31 heavy (non-hydrogen) atoms. The predicted octanol–water partition coefficient (Wildman–Crippen LogP) is 4.36. The first-order valence-corrected chi connectivity index (χ1v) is 11.3. The summed E-state index contributed by atoms with van der Waals surface area (Å²) in [7, 11) is 0. The number of thiophene rings is 1. The molecule has 5 rings (SSSR count). The molecular formula is C23H23N5O2S. The van der Waals surface area contributed by atoms with Crippen LogP contribution in [0.1, 0.15) is 34.6 Å². The average molecular weight is 434 g/mol. The Morgan fingerprint density at radius 1 is 1.26 bits per heavy atom. The van der Waals surface area contributed by atoms with Crippen molar-refractivity contribution in [2.24, 2.45) is 0 Å². The lowest BCUT2D eigenvalue weighted by atomic mass is 10.0. The third-order valence-electron chi connectivity index (χ3n) is 5.63. The molecule has 0 aliphatic carbocycles. The number of nitrogens with one attached hydrogen (secondary N) is 1. The molecule has 4 aromatic rings. The largest absolute Gasteiger partial charge is 0.356 e. The molecule has 4 aromatic heterocycles. The van der Waals surface area contributed by atoms with Crippen LogP contribution in [0.25, 0.3) is 21.4 Å². The second kappa shape index (κ2) is 8.20. The summed E-state index contributed by atoms with van der Waals surface area (Å²) >= 11 is 1.68. The maximum absolute atomic E-state index is 13.7. The van der Waals surface area contributed by atoms with E-state index in [2.05, 4.69) is 32.7 Å². The fourth-order valence-electron chi connectivity index (χ4n) is 4.07. The number of aromatic nitrogens is 3. The average Bonchev–Trinajstić information content (AvgIpc) is 3.41. The van der Waals surface area contributed by atoms with Gasteiger partial charge in [-0.15, -0.1) is 11.3 Å². The van der Waals surface area contributed by atoms with E-state index in [1.54, 1.807) is 29.8 Å². The zero-order valence-corrected chi connectivity index (χ0v) is 18.3. The van der Waals surface area contributed by atoms with Crippen LogP contribution in [-0.4, -0.2) is 40.2 Å². The van der Waals surface area contributed by atoms with Crippen LogP contribution >= 0.6 is 11.3 Å². The van der Waals surface area contributed by atoms with Crippen LogP contribution in [0.5, 0.6) is 0 Å². The molecule has 0 bridgehead atoms. The molecule has 1 atom stereocenters. The van der Waals surface area contributed by atoms with E-state index in [9.17, 15) is 4.79 Å². The molecule has 7 nitrogen and oxygen atoms in total. The Balaban J connectivity index is 1.55. The number of rotatable bonds is 4. The van der Waals surface area contributed by atoms with Crippen molar-refractivity contribution >= 4 is 33.1 Å². The third kappa shape index (κ3) is 3.73. The van der Waals surface area contributed by atoms with E-state index in [1.807, 2.05) is 30.0 Å². The van der Waals surface area contributed by atoms with Crippen molar-refractivity contribution in [2.45, 2.75) is 32.7 Å². The topological polar surface area (TPSA) is 84.2 Å². The van der Waals surface area contributed by atoms with Crippen molar-refractivity contribution in [3.63, 3.8) is 0 Å². The number of amides is 1. The first-order chi connectivity index (χ1) is 15.1. The van der Waals surface area contributed by atoms with E-state index in [0.717, 1.165) is 52.8 Å². The highest BCUT2D eigenvalue weighted by Gasteiger charge is 2.31. The van der Waals surface area contributed by atoms with Gasteiger partial charge in [0.1, 0.15) is 11.5 Å². The lowest BCUT2D eigenvalue weighted by Gasteiger charge is -2.34. The molecule has 1 amide bonds. The Morgan fingerprint density at radius 3 is 2.87 bits per heavy atom. The van der Waals surface area contributed by atoms with E-state index in [4.69, 9.17) is 4.52 Å². The minimum atomic E-state index is -0.139. The van der Waals surface area contributed by atoms with Gasteiger partial charge in [-0.1, -0.05) is 5.16 Å². The Kier molecular flexibility index (Phi) is 5.25. The number of nitrogens with zero attached hydrogens (tertiary/aromatic N) is 4. The molecule has 1 saturated heterocycles. The Hall–Kier alpha value is -3.10. The molecule has 8 heteroatoms. The second-order valence-corrected chi connectivity index (χ2v) is 8.78. The van der Waals surface area contributed by atoms with Gasteiger partial charge < -0.3 is 9.84 Å². The number of fused-ring (bicyclic) bond motifs is 1. The standard InChI is InChI=1S/C23H23N5O2S/c1-14-13-31-20-7-9-25-22(21(14)20)28(17-4-3-8-24-12-17)23(29)18-6-5-16(11-26-18)19-10-15(2)27-30-19/h5-7,9-11,13,17,24H,3-4,8,12H2,1-2H3/t17-/m1/s1. The minimum Gasteiger partial charge on any atom is -0.356 e. The highest BCUT2D eigenvalue weighted by atomic mass is 32.1. The van der Waals surface area contributed by atoms with Crippen LogP contribution < -0.4 is 10.2 Å². The number of piperidine rings is 1. The lowest BCUT2D eigenvalue weighted by molar-refractivity contribution is 0.0967. The zero-order chi connectivity index (χ0) is 21.4. The molecule has 0 radical (unpaired) electrons. The molecule has 5 heterocycles. The molecule has 1 aliphatic heterocycles. The number of carbonyl (C=O) groups excluding carboxylic acids is 1. The maximum Gasteiger partial charge on any atom is 0.278 e. The van der Waals surface area contributed by atoms with Crippen molar-refractivity contribution in [3.8, 4) is 11.3 Å². The van der Waals surface area contributed by atoms with Gasteiger partial charge in [-0.25, -0.2) is 4.98 Å². The molecule has 0 aromatic carbocycles. The predicted molar refractivity (Wildman–Crippen MR) is 122 cm³/mol. The summed E-state index contributed by atoms with van der Waals surface area (Å²) < 4.78 is 6.45.